The fraction of sp³-hybridized carbons (Fsp3) is 0.778. The SMILES string of the molecule is CC(C)C1CC(=O)N(Cc2cn(CCCCC(C)(C)C)nn2)C1=O. The summed E-state index contributed by atoms with van der Waals surface area (Å²) >= 11 is 0. The van der Waals surface area contributed by atoms with Gasteiger partial charge in [-0.3, -0.25) is 19.2 Å². The highest BCUT2D eigenvalue weighted by Gasteiger charge is 2.40. The molecular formula is C18H30N4O2. The van der Waals surface area contributed by atoms with E-state index in [0.29, 0.717) is 17.5 Å². The molecule has 0 bridgehead atoms. The minimum atomic E-state index is -0.190. The highest BCUT2D eigenvalue weighted by molar-refractivity contribution is 6.03. The van der Waals surface area contributed by atoms with E-state index >= 15 is 0 Å². The lowest BCUT2D eigenvalue weighted by Crippen LogP contribution is -2.31. The van der Waals surface area contributed by atoms with Gasteiger partial charge in [0.1, 0.15) is 5.69 Å². The largest absolute Gasteiger partial charge is 0.276 e. The second kappa shape index (κ2) is 7.45. The summed E-state index contributed by atoms with van der Waals surface area (Å²) in [5.41, 5.74) is 1.04. The lowest BCUT2D eigenvalue weighted by Gasteiger charge is -2.17. The average molecular weight is 334 g/mol. The van der Waals surface area contributed by atoms with Crippen LogP contribution in [0.1, 0.15) is 66.0 Å². The van der Waals surface area contributed by atoms with E-state index in [2.05, 4.69) is 31.1 Å². The van der Waals surface area contributed by atoms with Crippen LogP contribution in [0.5, 0.6) is 0 Å². The Hall–Kier alpha value is -1.72. The number of imide groups is 1. The summed E-state index contributed by atoms with van der Waals surface area (Å²) in [6, 6.07) is 0. The number of unbranched alkanes of at least 4 members (excludes halogenated alkanes) is 1. The predicted molar refractivity (Wildman–Crippen MR) is 91.8 cm³/mol. The van der Waals surface area contributed by atoms with Gasteiger partial charge in [-0.2, -0.15) is 0 Å². The van der Waals surface area contributed by atoms with E-state index in [1.165, 1.54) is 11.3 Å². The summed E-state index contributed by atoms with van der Waals surface area (Å²) in [7, 11) is 0. The van der Waals surface area contributed by atoms with E-state index in [0.717, 1.165) is 19.4 Å². The molecule has 0 saturated carbocycles. The van der Waals surface area contributed by atoms with Gasteiger partial charge < -0.3 is 0 Å². The van der Waals surface area contributed by atoms with Crippen molar-refractivity contribution in [2.45, 2.75) is 73.4 Å². The molecule has 2 amide bonds. The van der Waals surface area contributed by atoms with Gasteiger partial charge in [0.25, 0.3) is 0 Å². The van der Waals surface area contributed by atoms with Gasteiger partial charge in [0.2, 0.25) is 11.8 Å². The molecule has 0 N–H and O–H groups in total. The number of rotatable bonds is 7. The molecule has 1 aliphatic heterocycles. The maximum absolute atomic E-state index is 12.3. The lowest BCUT2D eigenvalue weighted by molar-refractivity contribution is -0.140. The molecule has 0 radical (unpaired) electrons. The van der Waals surface area contributed by atoms with Gasteiger partial charge in [0, 0.05) is 18.9 Å². The second-order valence-electron chi connectivity index (χ2n) is 8.36. The smallest absolute Gasteiger partial charge is 0.233 e. The number of aryl methyl sites for hydroxylation is 1. The lowest BCUT2D eigenvalue weighted by atomic mass is 9.90. The zero-order chi connectivity index (χ0) is 17.9. The van der Waals surface area contributed by atoms with Crippen LogP contribution in [0, 0.1) is 17.3 Å². The Labute approximate surface area is 144 Å². The minimum Gasteiger partial charge on any atom is -0.276 e. The van der Waals surface area contributed by atoms with Gasteiger partial charge in [0.15, 0.2) is 0 Å². The van der Waals surface area contributed by atoms with Crippen LogP contribution in [-0.4, -0.2) is 31.7 Å². The van der Waals surface area contributed by atoms with E-state index in [1.54, 1.807) is 0 Å². The number of nitrogens with zero attached hydrogens (tertiary/aromatic N) is 4. The van der Waals surface area contributed by atoms with Crippen molar-refractivity contribution in [3.63, 3.8) is 0 Å². The van der Waals surface area contributed by atoms with E-state index < -0.39 is 0 Å². The van der Waals surface area contributed by atoms with Gasteiger partial charge in [0.05, 0.1) is 12.7 Å². The maximum Gasteiger partial charge on any atom is 0.233 e. The third kappa shape index (κ3) is 4.89. The van der Waals surface area contributed by atoms with Crippen LogP contribution in [-0.2, 0) is 22.7 Å². The number of carbonyl (C=O) groups is 2. The summed E-state index contributed by atoms with van der Waals surface area (Å²) < 4.78 is 1.81. The Morgan fingerprint density at radius 2 is 1.96 bits per heavy atom. The van der Waals surface area contributed by atoms with Crippen LogP contribution in [0.15, 0.2) is 6.20 Å². The highest BCUT2D eigenvalue weighted by atomic mass is 16.2. The van der Waals surface area contributed by atoms with Crippen LogP contribution in [0.2, 0.25) is 0 Å². The first kappa shape index (κ1) is 18.6. The first-order valence-corrected chi connectivity index (χ1v) is 8.90. The van der Waals surface area contributed by atoms with E-state index in [9.17, 15) is 9.59 Å². The fourth-order valence-electron chi connectivity index (χ4n) is 3.01. The van der Waals surface area contributed by atoms with Gasteiger partial charge in [-0.25, -0.2) is 0 Å². The van der Waals surface area contributed by atoms with Crippen LogP contribution >= 0.6 is 0 Å². The van der Waals surface area contributed by atoms with Crippen LogP contribution < -0.4 is 0 Å². The molecule has 6 nitrogen and oxygen atoms in total. The van der Waals surface area contributed by atoms with Gasteiger partial charge in [-0.05, 0) is 24.2 Å². The average Bonchev–Trinajstić information content (AvgIpc) is 3.02. The summed E-state index contributed by atoms with van der Waals surface area (Å²) in [4.78, 5) is 25.7. The molecule has 6 heteroatoms. The summed E-state index contributed by atoms with van der Waals surface area (Å²) in [6.45, 7) is 11.8. The van der Waals surface area contributed by atoms with E-state index in [4.69, 9.17) is 0 Å². The molecule has 1 saturated heterocycles. The van der Waals surface area contributed by atoms with Crippen molar-refractivity contribution in [2.24, 2.45) is 17.3 Å². The Bertz CT molecular complexity index is 586. The number of hydrogen-bond donors (Lipinski definition) is 0. The molecule has 24 heavy (non-hydrogen) atoms. The molecule has 1 atom stereocenters. The fourth-order valence-corrected chi connectivity index (χ4v) is 3.01. The molecule has 1 aromatic rings. The molecule has 1 aromatic heterocycles. The molecule has 1 fully saturated rings. The van der Waals surface area contributed by atoms with Crippen molar-refractivity contribution in [2.75, 3.05) is 0 Å². The van der Waals surface area contributed by atoms with Crippen molar-refractivity contribution in [3.05, 3.63) is 11.9 Å². The van der Waals surface area contributed by atoms with Crippen molar-refractivity contribution in [1.82, 2.24) is 19.9 Å². The highest BCUT2D eigenvalue weighted by Crippen LogP contribution is 2.27. The van der Waals surface area contributed by atoms with E-state index in [-0.39, 0.29) is 30.2 Å². The van der Waals surface area contributed by atoms with Crippen LogP contribution in [0.3, 0.4) is 0 Å². The summed E-state index contributed by atoms with van der Waals surface area (Å²) in [6.07, 6.45) is 5.55. The van der Waals surface area contributed by atoms with Crippen molar-refractivity contribution < 1.29 is 9.59 Å². The van der Waals surface area contributed by atoms with Crippen molar-refractivity contribution in [1.29, 1.82) is 0 Å². The van der Waals surface area contributed by atoms with Gasteiger partial charge >= 0.3 is 0 Å². The molecule has 0 aliphatic carbocycles. The Morgan fingerprint density at radius 1 is 1.25 bits per heavy atom. The van der Waals surface area contributed by atoms with Crippen LogP contribution in [0.25, 0.3) is 0 Å². The standard InChI is InChI=1S/C18H30N4O2/c1-13(2)15-10-16(23)22(17(15)24)12-14-11-21(20-19-14)9-7-6-8-18(3,4)5/h11,13,15H,6-10,12H2,1-5H3. The molecule has 0 spiro atoms. The van der Waals surface area contributed by atoms with E-state index in [1.807, 2.05) is 24.7 Å². The molecule has 0 aromatic carbocycles. The summed E-state index contributed by atoms with van der Waals surface area (Å²) in [5, 5.41) is 8.23. The molecule has 1 unspecified atom stereocenters. The zero-order valence-corrected chi connectivity index (χ0v) is 15.6. The molecule has 2 rings (SSSR count). The quantitative estimate of drug-likeness (QED) is 0.568. The Kier molecular flexibility index (Phi) is 5.78. The number of likely N-dealkylation sites (tertiary alicyclic amines) is 1. The molecule has 2 heterocycles. The number of aromatic nitrogens is 3. The van der Waals surface area contributed by atoms with Gasteiger partial charge in [-0.15, -0.1) is 5.10 Å². The third-order valence-corrected chi connectivity index (χ3v) is 4.55. The zero-order valence-electron chi connectivity index (χ0n) is 15.6. The molecule has 1 aliphatic rings. The number of hydrogen-bond acceptors (Lipinski definition) is 4. The number of amides is 2. The monoisotopic (exact) mass is 334 g/mol. The second-order valence-corrected chi connectivity index (χ2v) is 8.36. The Morgan fingerprint density at radius 3 is 2.54 bits per heavy atom. The molecule has 134 valence electrons. The first-order chi connectivity index (χ1) is 11.2. The molecular weight excluding hydrogens is 304 g/mol. The summed E-state index contributed by atoms with van der Waals surface area (Å²) in [5.74, 6) is -0.178. The maximum atomic E-state index is 12.3. The van der Waals surface area contributed by atoms with Crippen LogP contribution in [0.4, 0.5) is 0 Å². The van der Waals surface area contributed by atoms with Gasteiger partial charge in [-0.1, -0.05) is 46.3 Å². The Balaban J connectivity index is 1.85. The normalized spacial score (nSPS) is 18.9. The van der Waals surface area contributed by atoms with Crippen molar-refractivity contribution in [3.8, 4) is 0 Å². The predicted octanol–water partition coefficient (Wildman–Crippen LogP) is 3.03. The van der Waals surface area contributed by atoms with Crippen molar-refractivity contribution >= 4 is 11.8 Å². The first-order valence-electron chi connectivity index (χ1n) is 8.90. The topological polar surface area (TPSA) is 68.1 Å². The minimum absolute atomic E-state index is 0.0743. The number of carbonyl (C=O) groups excluding carboxylic acids is 2. The third-order valence-electron chi connectivity index (χ3n) is 4.55.